The van der Waals surface area contributed by atoms with Crippen LogP contribution in [-0.2, 0) is 0 Å². The van der Waals surface area contributed by atoms with Gasteiger partial charge in [-0.3, -0.25) is 0 Å². The monoisotopic (exact) mass is 234 g/mol. The van der Waals surface area contributed by atoms with Crippen molar-refractivity contribution in [1.82, 2.24) is 0 Å². The predicted molar refractivity (Wildman–Crippen MR) is 56.2 cm³/mol. The molecule has 0 aliphatic heterocycles. The summed E-state index contributed by atoms with van der Waals surface area (Å²) in [7, 11) is 0. The molecule has 1 N–H and O–H groups in total. The van der Waals surface area contributed by atoms with Gasteiger partial charge in [-0.2, -0.15) is 5.26 Å². The standard InChI is InChI=1S/C10H7BrN2/c1-2-5-13-10-4-3-8(7-12)6-9(10)11/h1,3-4,6,13H,5H2. The fraction of sp³-hybridized carbons (Fsp3) is 0.100. The molecule has 0 aromatic heterocycles. The van der Waals surface area contributed by atoms with Crippen molar-refractivity contribution < 1.29 is 0 Å². The number of nitrogens with one attached hydrogen (secondary N) is 1. The molecule has 1 aromatic rings. The Morgan fingerprint density at radius 2 is 2.31 bits per heavy atom. The Bertz CT molecular complexity index is 385. The zero-order chi connectivity index (χ0) is 9.68. The van der Waals surface area contributed by atoms with Gasteiger partial charge >= 0.3 is 0 Å². The van der Waals surface area contributed by atoms with Crippen LogP contribution in [-0.4, -0.2) is 6.54 Å². The smallest absolute Gasteiger partial charge is 0.0992 e. The third-order valence-electron chi connectivity index (χ3n) is 1.48. The Morgan fingerprint density at radius 1 is 1.54 bits per heavy atom. The van der Waals surface area contributed by atoms with Gasteiger partial charge < -0.3 is 5.32 Å². The van der Waals surface area contributed by atoms with Gasteiger partial charge in [0.25, 0.3) is 0 Å². The SMILES string of the molecule is C#CCNc1ccc(C#N)cc1Br. The van der Waals surface area contributed by atoms with E-state index >= 15 is 0 Å². The lowest BCUT2D eigenvalue weighted by molar-refractivity contribution is 1.36. The number of nitriles is 1. The number of hydrogen-bond acceptors (Lipinski definition) is 2. The minimum Gasteiger partial charge on any atom is -0.373 e. The first-order valence-electron chi connectivity index (χ1n) is 3.65. The van der Waals surface area contributed by atoms with Crippen LogP contribution in [0.4, 0.5) is 5.69 Å². The molecule has 0 spiro atoms. The quantitative estimate of drug-likeness (QED) is 0.798. The van der Waals surface area contributed by atoms with Crippen LogP contribution in [0.15, 0.2) is 22.7 Å². The van der Waals surface area contributed by atoms with Gasteiger partial charge in [-0.25, -0.2) is 0 Å². The second-order valence-corrected chi connectivity index (χ2v) is 3.22. The van der Waals surface area contributed by atoms with E-state index in [1.807, 2.05) is 6.07 Å². The van der Waals surface area contributed by atoms with E-state index in [9.17, 15) is 0 Å². The van der Waals surface area contributed by atoms with Gasteiger partial charge in [-0.15, -0.1) is 6.42 Å². The van der Waals surface area contributed by atoms with E-state index < -0.39 is 0 Å². The maximum atomic E-state index is 8.61. The molecule has 0 heterocycles. The van der Waals surface area contributed by atoms with Crippen molar-refractivity contribution in [2.75, 3.05) is 11.9 Å². The van der Waals surface area contributed by atoms with Crippen molar-refractivity contribution in [2.45, 2.75) is 0 Å². The molecule has 0 aliphatic carbocycles. The number of benzene rings is 1. The minimum absolute atomic E-state index is 0.477. The fourth-order valence-electron chi connectivity index (χ4n) is 0.874. The van der Waals surface area contributed by atoms with Crippen molar-refractivity contribution in [3.63, 3.8) is 0 Å². The highest BCUT2D eigenvalue weighted by atomic mass is 79.9. The molecule has 0 saturated carbocycles. The molecule has 2 nitrogen and oxygen atoms in total. The molecule has 13 heavy (non-hydrogen) atoms. The summed E-state index contributed by atoms with van der Waals surface area (Å²) < 4.78 is 0.849. The van der Waals surface area contributed by atoms with Gasteiger partial charge in [0, 0.05) is 10.2 Å². The maximum Gasteiger partial charge on any atom is 0.0992 e. The summed E-state index contributed by atoms with van der Waals surface area (Å²) >= 11 is 3.34. The van der Waals surface area contributed by atoms with Crippen LogP contribution in [0, 0.1) is 23.7 Å². The minimum atomic E-state index is 0.477. The fourth-order valence-corrected chi connectivity index (χ4v) is 1.39. The van der Waals surface area contributed by atoms with Crippen LogP contribution in [0.5, 0.6) is 0 Å². The largest absolute Gasteiger partial charge is 0.373 e. The number of anilines is 1. The summed E-state index contributed by atoms with van der Waals surface area (Å²) in [5.41, 5.74) is 1.52. The molecule has 0 atom stereocenters. The second kappa shape index (κ2) is 4.54. The molecule has 0 amide bonds. The molecule has 0 bridgehead atoms. The van der Waals surface area contributed by atoms with Crippen molar-refractivity contribution in [3.8, 4) is 18.4 Å². The van der Waals surface area contributed by atoms with Crippen LogP contribution < -0.4 is 5.32 Å². The van der Waals surface area contributed by atoms with Gasteiger partial charge in [0.1, 0.15) is 0 Å². The lowest BCUT2D eigenvalue weighted by atomic mass is 10.2. The van der Waals surface area contributed by atoms with E-state index in [0.717, 1.165) is 10.2 Å². The van der Waals surface area contributed by atoms with Crippen molar-refractivity contribution in [2.24, 2.45) is 0 Å². The van der Waals surface area contributed by atoms with Crippen LogP contribution in [0.1, 0.15) is 5.56 Å². The number of halogens is 1. The van der Waals surface area contributed by atoms with Gasteiger partial charge in [0.15, 0.2) is 0 Å². The number of hydrogen-bond donors (Lipinski definition) is 1. The Kier molecular flexibility index (Phi) is 3.37. The highest BCUT2D eigenvalue weighted by molar-refractivity contribution is 9.10. The molecular formula is C10H7BrN2. The van der Waals surface area contributed by atoms with Gasteiger partial charge in [0.2, 0.25) is 0 Å². The zero-order valence-electron chi connectivity index (χ0n) is 6.84. The van der Waals surface area contributed by atoms with E-state index in [1.54, 1.807) is 12.1 Å². The zero-order valence-corrected chi connectivity index (χ0v) is 8.43. The number of terminal acetylenes is 1. The highest BCUT2D eigenvalue weighted by Gasteiger charge is 1.98. The normalized spacial score (nSPS) is 8.54. The Labute approximate surface area is 85.7 Å². The molecule has 0 saturated heterocycles. The van der Waals surface area contributed by atoms with Crippen molar-refractivity contribution in [1.29, 1.82) is 5.26 Å². The summed E-state index contributed by atoms with van der Waals surface area (Å²) in [6.07, 6.45) is 5.10. The Balaban J connectivity index is 2.88. The average molecular weight is 235 g/mol. The average Bonchev–Trinajstić information content (AvgIpc) is 2.16. The van der Waals surface area contributed by atoms with E-state index in [2.05, 4.69) is 33.2 Å². The van der Waals surface area contributed by atoms with Gasteiger partial charge in [-0.1, -0.05) is 5.92 Å². The lowest BCUT2D eigenvalue weighted by Gasteiger charge is -2.04. The Morgan fingerprint density at radius 3 is 2.85 bits per heavy atom. The summed E-state index contributed by atoms with van der Waals surface area (Å²) in [6.45, 7) is 0.477. The van der Waals surface area contributed by atoms with Crippen LogP contribution >= 0.6 is 15.9 Å². The van der Waals surface area contributed by atoms with Crippen LogP contribution in [0.3, 0.4) is 0 Å². The summed E-state index contributed by atoms with van der Waals surface area (Å²) in [5.74, 6) is 2.48. The highest BCUT2D eigenvalue weighted by Crippen LogP contribution is 2.22. The maximum absolute atomic E-state index is 8.61. The molecule has 0 aliphatic rings. The third kappa shape index (κ3) is 2.50. The van der Waals surface area contributed by atoms with Crippen LogP contribution in [0.25, 0.3) is 0 Å². The van der Waals surface area contributed by atoms with E-state index in [0.29, 0.717) is 12.1 Å². The van der Waals surface area contributed by atoms with Gasteiger partial charge in [-0.05, 0) is 34.1 Å². The first kappa shape index (κ1) is 9.64. The van der Waals surface area contributed by atoms with Gasteiger partial charge in [0.05, 0.1) is 18.2 Å². The lowest BCUT2D eigenvalue weighted by Crippen LogP contribution is -1.98. The predicted octanol–water partition coefficient (Wildman–Crippen LogP) is 2.37. The number of nitrogens with zero attached hydrogens (tertiary/aromatic N) is 1. The van der Waals surface area contributed by atoms with Crippen molar-refractivity contribution in [3.05, 3.63) is 28.2 Å². The molecule has 3 heteroatoms. The summed E-state index contributed by atoms with van der Waals surface area (Å²) in [5, 5.41) is 11.6. The van der Waals surface area contributed by atoms with Crippen molar-refractivity contribution >= 4 is 21.6 Å². The van der Waals surface area contributed by atoms with E-state index in [1.165, 1.54) is 0 Å². The second-order valence-electron chi connectivity index (χ2n) is 2.36. The topological polar surface area (TPSA) is 35.8 Å². The Hall–Kier alpha value is -1.45. The summed E-state index contributed by atoms with van der Waals surface area (Å²) in [6, 6.07) is 7.36. The summed E-state index contributed by atoms with van der Waals surface area (Å²) in [4.78, 5) is 0. The van der Waals surface area contributed by atoms with Crippen LogP contribution in [0.2, 0.25) is 0 Å². The molecule has 0 radical (unpaired) electrons. The molecule has 0 fully saturated rings. The van der Waals surface area contributed by atoms with E-state index in [-0.39, 0.29) is 0 Å². The first-order valence-corrected chi connectivity index (χ1v) is 4.44. The first-order chi connectivity index (χ1) is 6.27. The molecule has 1 rings (SSSR count). The molecular weight excluding hydrogens is 228 g/mol. The molecule has 64 valence electrons. The molecule has 0 unspecified atom stereocenters. The number of rotatable bonds is 2. The molecule has 1 aromatic carbocycles. The van der Waals surface area contributed by atoms with E-state index in [4.69, 9.17) is 11.7 Å². The third-order valence-corrected chi connectivity index (χ3v) is 2.14.